The second kappa shape index (κ2) is 8.36. The minimum Gasteiger partial charge on any atom is -1.00 e. The minimum absolute atomic E-state index is 0. The molecule has 1 heterocycles. The number of aryl methyl sites for hydroxylation is 3. The maximum Gasteiger partial charge on any atom is 0.119 e. The molecule has 2 aromatic carbocycles. The van der Waals surface area contributed by atoms with Crippen molar-refractivity contribution in [3.05, 3.63) is 52.0 Å². The number of benzene rings is 2. The summed E-state index contributed by atoms with van der Waals surface area (Å²) in [5, 5.41) is 1.39. The van der Waals surface area contributed by atoms with E-state index in [9.17, 15) is 0 Å². The lowest BCUT2D eigenvalue weighted by molar-refractivity contribution is -0.870. The summed E-state index contributed by atoms with van der Waals surface area (Å²) in [7, 11) is 8.54. The first-order valence-corrected chi connectivity index (χ1v) is 10.4. The van der Waals surface area contributed by atoms with E-state index in [1.807, 2.05) is 0 Å². The molecule has 0 saturated carbocycles. The van der Waals surface area contributed by atoms with Crippen LogP contribution in [0.3, 0.4) is 0 Å². The van der Waals surface area contributed by atoms with Gasteiger partial charge in [-0.15, -0.1) is 0 Å². The third-order valence-electron chi connectivity index (χ3n) is 5.55. The van der Waals surface area contributed by atoms with Crippen molar-refractivity contribution in [1.29, 1.82) is 0 Å². The number of quaternary nitrogens is 1. The van der Waals surface area contributed by atoms with E-state index in [1.165, 1.54) is 46.3 Å². The van der Waals surface area contributed by atoms with Crippen molar-refractivity contribution in [2.45, 2.75) is 25.8 Å². The standard InChI is InChI=1S/C23H28BrN2O.HI/c1-26(2,3)13-5-12-25-22-11-7-17(24)15-21(22)20-9-6-16-14-18(27-4)8-10-19(16)23(20)25;/h7-8,10-11,14-15H,5-6,9,12-13H2,1-4H3;1H/q+1;/p-1. The van der Waals surface area contributed by atoms with Gasteiger partial charge in [-0.3, -0.25) is 0 Å². The third kappa shape index (κ3) is 4.12. The maximum atomic E-state index is 5.46. The van der Waals surface area contributed by atoms with Gasteiger partial charge in [0.1, 0.15) is 5.75 Å². The van der Waals surface area contributed by atoms with Crippen LogP contribution in [0.5, 0.6) is 5.75 Å². The van der Waals surface area contributed by atoms with Crippen LogP contribution in [-0.4, -0.2) is 43.8 Å². The number of halogens is 2. The summed E-state index contributed by atoms with van der Waals surface area (Å²) in [4.78, 5) is 0. The van der Waals surface area contributed by atoms with Crippen molar-refractivity contribution in [3.8, 4) is 17.0 Å². The summed E-state index contributed by atoms with van der Waals surface area (Å²) in [5.41, 5.74) is 7.03. The van der Waals surface area contributed by atoms with E-state index in [-0.39, 0.29) is 24.0 Å². The van der Waals surface area contributed by atoms with Gasteiger partial charge in [-0.05, 0) is 60.4 Å². The predicted octanol–water partition coefficient (Wildman–Crippen LogP) is 2.28. The zero-order valence-electron chi connectivity index (χ0n) is 17.1. The van der Waals surface area contributed by atoms with Gasteiger partial charge in [-0.25, -0.2) is 0 Å². The Morgan fingerprint density at radius 3 is 2.57 bits per heavy atom. The molecule has 0 N–H and O–H groups in total. The highest BCUT2D eigenvalue weighted by Gasteiger charge is 2.25. The molecule has 3 aromatic rings. The normalized spacial score (nSPS) is 13.0. The smallest absolute Gasteiger partial charge is 0.119 e. The maximum absolute atomic E-state index is 5.46. The van der Waals surface area contributed by atoms with Gasteiger partial charge in [-0.1, -0.05) is 15.9 Å². The molecule has 1 aliphatic rings. The molecule has 1 aliphatic carbocycles. The van der Waals surface area contributed by atoms with Gasteiger partial charge >= 0.3 is 0 Å². The highest BCUT2D eigenvalue weighted by atomic mass is 127. The number of nitrogens with zero attached hydrogens (tertiary/aromatic N) is 2. The van der Waals surface area contributed by atoms with E-state index in [0.717, 1.165) is 34.1 Å². The molecule has 0 atom stereocenters. The molecule has 28 heavy (non-hydrogen) atoms. The number of hydrogen-bond acceptors (Lipinski definition) is 1. The average molecular weight is 555 g/mol. The van der Waals surface area contributed by atoms with Crippen LogP contribution in [0.15, 0.2) is 40.9 Å². The van der Waals surface area contributed by atoms with Gasteiger partial charge in [-0.2, -0.15) is 0 Å². The number of rotatable bonds is 5. The molecule has 4 rings (SSSR count). The van der Waals surface area contributed by atoms with Gasteiger partial charge in [0, 0.05) is 33.9 Å². The van der Waals surface area contributed by atoms with Crippen LogP contribution in [0.25, 0.3) is 22.2 Å². The molecule has 150 valence electrons. The monoisotopic (exact) mass is 554 g/mol. The Bertz CT molecular complexity index is 1000. The van der Waals surface area contributed by atoms with Crippen molar-refractivity contribution in [1.82, 2.24) is 4.57 Å². The van der Waals surface area contributed by atoms with Gasteiger partial charge in [0.05, 0.1) is 40.5 Å². The Labute approximate surface area is 193 Å². The molecule has 0 fully saturated rings. The summed E-state index contributed by atoms with van der Waals surface area (Å²) in [6.45, 7) is 2.22. The largest absolute Gasteiger partial charge is 1.00 e. The van der Waals surface area contributed by atoms with E-state index in [2.05, 4.69) is 78.0 Å². The van der Waals surface area contributed by atoms with Crippen molar-refractivity contribution < 1.29 is 33.2 Å². The predicted molar refractivity (Wildman–Crippen MR) is 117 cm³/mol. The summed E-state index contributed by atoms with van der Waals surface area (Å²) in [6, 6.07) is 13.3. The fourth-order valence-electron chi connectivity index (χ4n) is 4.29. The number of ether oxygens (including phenoxy) is 1. The lowest BCUT2D eigenvalue weighted by Gasteiger charge is -2.25. The molecule has 1 aromatic heterocycles. The Kier molecular flexibility index (Phi) is 6.47. The van der Waals surface area contributed by atoms with E-state index >= 15 is 0 Å². The lowest BCUT2D eigenvalue weighted by atomic mass is 9.89. The highest BCUT2D eigenvalue weighted by molar-refractivity contribution is 9.10. The second-order valence-electron chi connectivity index (χ2n) is 8.53. The Hall–Kier alpha value is -1.05. The zero-order valence-corrected chi connectivity index (χ0v) is 20.8. The molecule has 0 amide bonds. The second-order valence-corrected chi connectivity index (χ2v) is 9.45. The summed E-state index contributed by atoms with van der Waals surface area (Å²) >= 11 is 3.67. The molecule has 5 heteroatoms. The molecule has 0 saturated heterocycles. The van der Waals surface area contributed by atoms with Crippen LogP contribution in [0, 0.1) is 0 Å². The van der Waals surface area contributed by atoms with Crippen LogP contribution in [0.4, 0.5) is 0 Å². The molecule has 0 aliphatic heterocycles. The van der Waals surface area contributed by atoms with Gasteiger partial charge in [0.15, 0.2) is 0 Å². The number of aromatic nitrogens is 1. The van der Waals surface area contributed by atoms with Crippen LogP contribution in [-0.2, 0) is 19.4 Å². The van der Waals surface area contributed by atoms with Crippen molar-refractivity contribution in [2.24, 2.45) is 0 Å². The van der Waals surface area contributed by atoms with E-state index < -0.39 is 0 Å². The molecule has 0 radical (unpaired) electrons. The highest BCUT2D eigenvalue weighted by Crippen LogP contribution is 2.42. The molecular formula is C23H28BrIN2O. The SMILES string of the molecule is COc1ccc2c(c1)CCc1c-2n(CCC[N+](C)(C)C)c2ccc(Br)cc12.[I-]. The van der Waals surface area contributed by atoms with E-state index in [0.29, 0.717) is 0 Å². The van der Waals surface area contributed by atoms with Gasteiger partial charge < -0.3 is 37.8 Å². The summed E-state index contributed by atoms with van der Waals surface area (Å²) < 4.78 is 10.2. The Morgan fingerprint density at radius 1 is 1.07 bits per heavy atom. The van der Waals surface area contributed by atoms with E-state index in [4.69, 9.17) is 4.74 Å². The van der Waals surface area contributed by atoms with Crippen LogP contribution in [0.1, 0.15) is 17.5 Å². The third-order valence-corrected chi connectivity index (χ3v) is 6.05. The zero-order chi connectivity index (χ0) is 19.2. The van der Waals surface area contributed by atoms with Crippen LogP contribution >= 0.6 is 15.9 Å². The van der Waals surface area contributed by atoms with Crippen molar-refractivity contribution in [2.75, 3.05) is 34.8 Å². The van der Waals surface area contributed by atoms with Gasteiger partial charge in [0.2, 0.25) is 0 Å². The first-order valence-electron chi connectivity index (χ1n) is 9.66. The Morgan fingerprint density at radius 2 is 1.86 bits per heavy atom. The van der Waals surface area contributed by atoms with E-state index in [1.54, 1.807) is 7.11 Å². The summed E-state index contributed by atoms with van der Waals surface area (Å²) in [6.07, 6.45) is 3.33. The molecule has 0 bridgehead atoms. The van der Waals surface area contributed by atoms with Crippen molar-refractivity contribution in [3.63, 3.8) is 0 Å². The quantitative estimate of drug-likeness (QED) is 0.349. The average Bonchev–Trinajstić information content (AvgIpc) is 2.93. The first kappa shape index (κ1) is 21.7. The fraction of sp³-hybridized carbons (Fsp3) is 0.391. The molecule has 0 unspecified atom stereocenters. The molecular weight excluding hydrogens is 527 g/mol. The van der Waals surface area contributed by atoms with Gasteiger partial charge in [0.25, 0.3) is 0 Å². The number of fused-ring (bicyclic) bond motifs is 5. The molecule has 3 nitrogen and oxygen atoms in total. The Balaban J connectivity index is 0.00000225. The van der Waals surface area contributed by atoms with Crippen LogP contribution in [0.2, 0.25) is 0 Å². The molecule has 0 spiro atoms. The topological polar surface area (TPSA) is 14.2 Å². The number of hydrogen-bond donors (Lipinski definition) is 0. The summed E-state index contributed by atoms with van der Waals surface area (Å²) in [5.74, 6) is 0.952. The number of methoxy groups -OCH3 is 1. The minimum atomic E-state index is 0. The fourth-order valence-corrected chi connectivity index (χ4v) is 4.65. The van der Waals surface area contributed by atoms with Crippen molar-refractivity contribution >= 4 is 26.8 Å². The first-order chi connectivity index (χ1) is 12.9. The lowest BCUT2D eigenvalue weighted by Crippen LogP contribution is -3.00. The van der Waals surface area contributed by atoms with Crippen LogP contribution < -0.4 is 28.7 Å².